The molecule has 17 heavy (non-hydrogen) atoms. The van der Waals surface area contributed by atoms with Crippen LogP contribution in [-0.4, -0.2) is 35.7 Å². The van der Waals surface area contributed by atoms with Crippen molar-refractivity contribution in [2.45, 2.75) is 59.0 Å². The Balaban J connectivity index is 3.97. The molecule has 1 atom stereocenters. The van der Waals surface area contributed by atoms with Crippen LogP contribution >= 0.6 is 0 Å². The molecule has 0 spiro atoms. The minimum Gasteiger partial charge on any atom is -0.395 e. The van der Waals surface area contributed by atoms with Crippen LogP contribution < -0.4 is 10.6 Å². The number of nitrogens with one attached hydrogen (secondary N) is 2. The van der Waals surface area contributed by atoms with E-state index in [0.29, 0.717) is 5.92 Å². The summed E-state index contributed by atoms with van der Waals surface area (Å²) in [7, 11) is 0. The first-order chi connectivity index (χ1) is 7.80. The molecule has 3 N–H and O–H groups in total. The lowest BCUT2D eigenvalue weighted by Crippen LogP contribution is -2.48. The number of carbonyl (C=O) groups excluding carboxylic acids is 1. The fourth-order valence-corrected chi connectivity index (χ4v) is 1.54. The molecule has 0 saturated heterocycles. The minimum atomic E-state index is -0.161. The number of hydrogen-bond acceptors (Lipinski definition) is 3. The van der Waals surface area contributed by atoms with Crippen molar-refractivity contribution in [2.75, 3.05) is 13.2 Å². The van der Waals surface area contributed by atoms with Crippen LogP contribution in [0, 0.1) is 5.92 Å². The molecule has 1 amide bonds. The summed E-state index contributed by atoms with van der Waals surface area (Å²) in [5.41, 5.74) is -0.161. The van der Waals surface area contributed by atoms with E-state index in [4.69, 9.17) is 0 Å². The quantitative estimate of drug-likeness (QED) is 0.603. The maximum absolute atomic E-state index is 11.7. The highest BCUT2D eigenvalue weighted by molar-refractivity contribution is 5.78. The third kappa shape index (κ3) is 8.16. The summed E-state index contributed by atoms with van der Waals surface area (Å²) < 4.78 is 0. The summed E-state index contributed by atoms with van der Waals surface area (Å²) >= 11 is 0. The van der Waals surface area contributed by atoms with Crippen molar-refractivity contribution >= 4 is 5.91 Å². The van der Waals surface area contributed by atoms with Crippen molar-refractivity contribution in [1.29, 1.82) is 0 Å². The number of aliphatic hydroxyl groups is 1. The summed E-state index contributed by atoms with van der Waals surface area (Å²) in [6, 6.07) is 0.00508. The van der Waals surface area contributed by atoms with Crippen molar-refractivity contribution in [1.82, 2.24) is 10.6 Å². The molecule has 4 heteroatoms. The van der Waals surface area contributed by atoms with Crippen LogP contribution in [0.25, 0.3) is 0 Å². The molecule has 0 aromatic rings. The van der Waals surface area contributed by atoms with Crippen LogP contribution in [0.15, 0.2) is 0 Å². The predicted molar refractivity (Wildman–Crippen MR) is 70.8 cm³/mol. The van der Waals surface area contributed by atoms with Gasteiger partial charge in [-0.1, -0.05) is 20.8 Å². The second kappa shape index (κ2) is 7.67. The molecule has 0 aromatic heterocycles. The smallest absolute Gasteiger partial charge is 0.234 e. The first-order valence-corrected chi connectivity index (χ1v) is 6.46. The third-order valence-electron chi connectivity index (χ3n) is 2.89. The van der Waals surface area contributed by atoms with E-state index in [0.717, 1.165) is 12.8 Å². The zero-order valence-electron chi connectivity index (χ0n) is 11.8. The van der Waals surface area contributed by atoms with Crippen molar-refractivity contribution < 1.29 is 9.90 Å². The van der Waals surface area contributed by atoms with E-state index in [-0.39, 0.29) is 30.6 Å². The minimum absolute atomic E-state index is 0.00508. The Labute approximate surface area is 105 Å². The van der Waals surface area contributed by atoms with Gasteiger partial charge < -0.3 is 15.7 Å². The molecule has 4 nitrogen and oxygen atoms in total. The standard InChI is InChI=1S/C13H28N2O2/c1-6-13(4,5)15-12(17)8-14-11(9-16)7-10(2)3/h10-11,14,16H,6-9H2,1-5H3,(H,15,17). The van der Waals surface area contributed by atoms with Crippen LogP contribution in [0.5, 0.6) is 0 Å². The highest BCUT2D eigenvalue weighted by Crippen LogP contribution is 2.06. The van der Waals surface area contributed by atoms with Gasteiger partial charge in [-0.25, -0.2) is 0 Å². The molecule has 0 rings (SSSR count). The average molecular weight is 244 g/mol. The van der Waals surface area contributed by atoms with E-state index < -0.39 is 0 Å². The van der Waals surface area contributed by atoms with Crippen molar-refractivity contribution in [3.63, 3.8) is 0 Å². The molecule has 0 fully saturated rings. The van der Waals surface area contributed by atoms with E-state index in [1.807, 2.05) is 20.8 Å². The van der Waals surface area contributed by atoms with Crippen molar-refractivity contribution in [3.05, 3.63) is 0 Å². The molecule has 0 aliphatic rings. The fourth-order valence-electron chi connectivity index (χ4n) is 1.54. The number of amides is 1. The molecular formula is C13H28N2O2. The van der Waals surface area contributed by atoms with Crippen LogP contribution in [0.4, 0.5) is 0 Å². The van der Waals surface area contributed by atoms with E-state index in [1.54, 1.807) is 0 Å². The maximum Gasteiger partial charge on any atom is 0.234 e. The number of carbonyl (C=O) groups is 1. The molecule has 0 bridgehead atoms. The highest BCUT2D eigenvalue weighted by Gasteiger charge is 2.18. The number of rotatable bonds is 8. The first-order valence-electron chi connectivity index (χ1n) is 6.46. The second-order valence-electron chi connectivity index (χ2n) is 5.68. The lowest BCUT2D eigenvalue weighted by Gasteiger charge is -2.25. The Kier molecular flexibility index (Phi) is 7.39. The Morgan fingerprint density at radius 1 is 1.35 bits per heavy atom. The van der Waals surface area contributed by atoms with Gasteiger partial charge in [-0.3, -0.25) is 4.79 Å². The van der Waals surface area contributed by atoms with E-state index in [1.165, 1.54) is 0 Å². The molecule has 102 valence electrons. The predicted octanol–water partition coefficient (Wildman–Crippen LogP) is 1.29. The van der Waals surface area contributed by atoms with Gasteiger partial charge in [0.05, 0.1) is 13.2 Å². The monoisotopic (exact) mass is 244 g/mol. The van der Waals surface area contributed by atoms with E-state index in [9.17, 15) is 9.90 Å². The van der Waals surface area contributed by atoms with E-state index in [2.05, 4.69) is 24.5 Å². The van der Waals surface area contributed by atoms with Crippen LogP contribution in [-0.2, 0) is 4.79 Å². The van der Waals surface area contributed by atoms with Gasteiger partial charge in [0.15, 0.2) is 0 Å². The van der Waals surface area contributed by atoms with E-state index >= 15 is 0 Å². The van der Waals surface area contributed by atoms with Crippen molar-refractivity contribution in [2.24, 2.45) is 5.92 Å². The largest absolute Gasteiger partial charge is 0.395 e. The van der Waals surface area contributed by atoms with Gasteiger partial charge in [-0.2, -0.15) is 0 Å². The molecule has 1 unspecified atom stereocenters. The van der Waals surface area contributed by atoms with Gasteiger partial charge in [0, 0.05) is 11.6 Å². The molecule has 0 aromatic carbocycles. The molecule has 0 saturated carbocycles. The third-order valence-corrected chi connectivity index (χ3v) is 2.89. The summed E-state index contributed by atoms with van der Waals surface area (Å²) in [6.07, 6.45) is 1.77. The molecule has 0 aliphatic carbocycles. The zero-order chi connectivity index (χ0) is 13.5. The summed E-state index contributed by atoms with van der Waals surface area (Å²) in [5.74, 6) is 0.494. The topological polar surface area (TPSA) is 61.4 Å². The molecular weight excluding hydrogens is 216 g/mol. The van der Waals surface area contributed by atoms with Gasteiger partial charge in [0.1, 0.15) is 0 Å². The Morgan fingerprint density at radius 3 is 2.35 bits per heavy atom. The molecule has 0 heterocycles. The van der Waals surface area contributed by atoms with Crippen molar-refractivity contribution in [3.8, 4) is 0 Å². The fraction of sp³-hybridized carbons (Fsp3) is 0.923. The lowest BCUT2D eigenvalue weighted by atomic mass is 10.0. The zero-order valence-corrected chi connectivity index (χ0v) is 11.8. The molecule has 0 radical (unpaired) electrons. The van der Waals surface area contributed by atoms with Crippen LogP contribution in [0.1, 0.15) is 47.5 Å². The Morgan fingerprint density at radius 2 is 1.94 bits per heavy atom. The summed E-state index contributed by atoms with van der Waals surface area (Å²) in [6.45, 7) is 10.6. The van der Waals surface area contributed by atoms with Gasteiger partial charge in [-0.15, -0.1) is 0 Å². The number of hydrogen-bond donors (Lipinski definition) is 3. The summed E-state index contributed by atoms with van der Waals surface area (Å²) in [4.78, 5) is 11.7. The normalized spacial score (nSPS) is 13.8. The lowest BCUT2D eigenvalue weighted by molar-refractivity contribution is -0.122. The maximum atomic E-state index is 11.7. The summed E-state index contributed by atoms with van der Waals surface area (Å²) in [5, 5.41) is 15.2. The highest BCUT2D eigenvalue weighted by atomic mass is 16.3. The SMILES string of the molecule is CCC(C)(C)NC(=O)CNC(CO)CC(C)C. The van der Waals surface area contributed by atoms with Gasteiger partial charge in [0.25, 0.3) is 0 Å². The van der Waals surface area contributed by atoms with Gasteiger partial charge in [-0.05, 0) is 32.6 Å². The van der Waals surface area contributed by atoms with Gasteiger partial charge in [0.2, 0.25) is 5.91 Å². The van der Waals surface area contributed by atoms with Crippen LogP contribution in [0.3, 0.4) is 0 Å². The van der Waals surface area contributed by atoms with Gasteiger partial charge >= 0.3 is 0 Å². The number of aliphatic hydroxyl groups excluding tert-OH is 1. The Hall–Kier alpha value is -0.610. The average Bonchev–Trinajstić information content (AvgIpc) is 2.23. The van der Waals surface area contributed by atoms with Crippen LogP contribution in [0.2, 0.25) is 0 Å². The molecule has 0 aliphatic heterocycles. The second-order valence-corrected chi connectivity index (χ2v) is 5.68. The first kappa shape index (κ1) is 16.4. The Bertz CT molecular complexity index is 227.